The van der Waals surface area contributed by atoms with Gasteiger partial charge in [0.1, 0.15) is 17.3 Å². The van der Waals surface area contributed by atoms with Crippen molar-refractivity contribution < 1.29 is 13.9 Å². The average Bonchev–Trinajstić information content (AvgIpc) is 3.43. The van der Waals surface area contributed by atoms with Gasteiger partial charge in [0.25, 0.3) is 5.91 Å². The number of rotatable bonds is 5. The number of ether oxygens (including phenoxy) is 1. The molecule has 1 spiro atoms. The van der Waals surface area contributed by atoms with Crippen LogP contribution in [-0.4, -0.2) is 52.1 Å². The number of nitrogens with zero attached hydrogens (tertiary/aromatic N) is 2. The fourth-order valence-electron chi connectivity index (χ4n) is 5.59. The summed E-state index contributed by atoms with van der Waals surface area (Å²) in [6, 6.07) is 5.29. The molecular formula is C22H27FN4O2. The van der Waals surface area contributed by atoms with Crippen LogP contribution in [0.1, 0.15) is 40.3 Å². The van der Waals surface area contributed by atoms with Crippen LogP contribution in [0.4, 0.5) is 4.39 Å². The highest BCUT2D eigenvalue weighted by Crippen LogP contribution is 2.54. The van der Waals surface area contributed by atoms with Crippen LogP contribution in [0.2, 0.25) is 0 Å². The molecule has 3 aliphatic heterocycles. The Labute approximate surface area is 169 Å². The molecule has 1 aromatic carbocycles. The van der Waals surface area contributed by atoms with Crippen molar-refractivity contribution in [3.05, 3.63) is 52.9 Å². The maximum atomic E-state index is 14.2. The summed E-state index contributed by atoms with van der Waals surface area (Å²) < 4.78 is 20.7. The molecule has 0 saturated carbocycles. The van der Waals surface area contributed by atoms with E-state index in [1.807, 2.05) is 19.9 Å². The van der Waals surface area contributed by atoms with Gasteiger partial charge in [-0.05, 0) is 32.8 Å². The van der Waals surface area contributed by atoms with Gasteiger partial charge >= 0.3 is 0 Å². The van der Waals surface area contributed by atoms with E-state index in [0.717, 1.165) is 42.9 Å². The van der Waals surface area contributed by atoms with Crippen LogP contribution < -0.4 is 5.32 Å². The summed E-state index contributed by atoms with van der Waals surface area (Å²) in [5.74, 6) is 1.13. The number of aryl methyl sites for hydroxylation is 2. The molecule has 0 aliphatic carbocycles. The lowest BCUT2D eigenvalue weighted by atomic mass is 9.73. The number of amides is 1. The highest BCUT2D eigenvalue weighted by atomic mass is 19.1. The van der Waals surface area contributed by atoms with Crippen LogP contribution >= 0.6 is 0 Å². The summed E-state index contributed by atoms with van der Waals surface area (Å²) in [6.07, 6.45) is 3.87. The Morgan fingerprint density at radius 2 is 2.31 bits per heavy atom. The molecule has 0 unspecified atom stereocenters. The molecule has 3 fully saturated rings. The van der Waals surface area contributed by atoms with Crippen molar-refractivity contribution >= 4 is 5.91 Å². The van der Waals surface area contributed by atoms with E-state index in [1.54, 1.807) is 18.3 Å². The number of H-pyrrole nitrogens is 1. The summed E-state index contributed by atoms with van der Waals surface area (Å²) in [4.78, 5) is 21.8. The van der Waals surface area contributed by atoms with Crippen LogP contribution in [-0.2, 0) is 11.3 Å². The highest BCUT2D eigenvalue weighted by Gasteiger charge is 2.62. The minimum absolute atomic E-state index is 0.126. The number of aromatic nitrogens is 2. The number of likely N-dealkylation sites (tertiary alicyclic amines) is 1. The quantitative estimate of drug-likeness (QED) is 0.812. The lowest BCUT2D eigenvalue weighted by Gasteiger charge is -2.29. The number of nitrogens with one attached hydrogen (secondary N) is 2. The molecule has 7 heteroatoms. The van der Waals surface area contributed by atoms with E-state index in [9.17, 15) is 9.18 Å². The number of benzene rings is 1. The maximum Gasteiger partial charge on any atom is 0.269 e. The van der Waals surface area contributed by atoms with Crippen LogP contribution in [0.15, 0.2) is 24.4 Å². The van der Waals surface area contributed by atoms with E-state index < -0.39 is 0 Å². The summed E-state index contributed by atoms with van der Waals surface area (Å²) in [7, 11) is 0. The molecule has 4 heterocycles. The Bertz CT molecular complexity index is 945. The van der Waals surface area contributed by atoms with E-state index in [4.69, 9.17) is 4.74 Å². The number of halogens is 1. The number of carbonyl (C=O) groups excluding carboxylic acids is 1. The van der Waals surface area contributed by atoms with Gasteiger partial charge in [0.05, 0.1) is 17.9 Å². The molecule has 154 valence electrons. The number of carbonyl (C=O) groups is 1. The third kappa shape index (κ3) is 3.26. The summed E-state index contributed by atoms with van der Waals surface area (Å²) >= 11 is 0. The van der Waals surface area contributed by atoms with Gasteiger partial charge in [0.15, 0.2) is 0 Å². The Morgan fingerprint density at radius 1 is 1.45 bits per heavy atom. The van der Waals surface area contributed by atoms with Crippen LogP contribution in [0.3, 0.4) is 0 Å². The van der Waals surface area contributed by atoms with E-state index in [-0.39, 0.29) is 23.4 Å². The van der Waals surface area contributed by atoms with E-state index in [1.165, 1.54) is 0 Å². The van der Waals surface area contributed by atoms with Gasteiger partial charge < -0.3 is 15.0 Å². The summed E-state index contributed by atoms with van der Waals surface area (Å²) in [6.45, 7) is 6.74. The highest BCUT2D eigenvalue weighted by molar-refractivity contribution is 5.92. The van der Waals surface area contributed by atoms with Crippen molar-refractivity contribution in [1.82, 2.24) is 20.2 Å². The first kappa shape index (κ1) is 18.8. The first-order valence-electron chi connectivity index (χ1n) is 10.4. The molecule has 3 aliphatic rings. The van der Waals surface area contributed by atoms with Gasteiger partial charge in [-0.1, -0.05) is 17.7 Å². The minimum Gasteiger partial charge on any atom is -0.370 e. The predicted octanol–water partition coefficient (Wildman–Crippen LogP) is 2.58. The van der Waals surface area contributed by atoms with E-state index in [0.29, 0.717) is 30.6 Å². The zero-order valence-corrected chi connectivity index (χ0v) is 16.9. The number of hydrogen-bond acceptors (Lipinski definition) is 4. The van der Waals surface area contributed by atoms with E-state index >= 15 is 0 Å². The smallest absolute Gasteiger partial charge is 0.269 e. The average molecular weight is 398 g/mol. The van der Waals surface area contributed by atoms with Gasteiger partial charge in [-0.3, -0.25) is 9.69 Å². The minimum atomic E-state index is -0.144. The fraction of sp³-hybridized carbons (Fsp3) is 0.545. The molecule has 2 bridgehead atoms. The molecule has 6 nitrogen and oxygen atoms in total. The number of fused-ring (bicyclic) bond motifs is 1. The molecule has 2 aromatic rings. The largest absolute Gasteiger partial charge is 0.370 e. The second-order valence-electron chi connectivity index (χ2n) is 8.89. The van der Waals surface area contributed by atoms with Crippen LogP contribution in [0.25, 0.3) is 0 Å². The maximum absolute atomic E-state index is 14.2. The topological polar surface area (TPSA) is 70.2 Å². The normalized spacial score (nSPS) is 30.7. The Kier molecular flexibility index (Phi) is 4.47. The fourth-order valence-corrected chi connectivity index (χ4v) is 5.59. The molecule has 5 rings (SSSR count). The Balaban J connectivity index is 1.26. The zero-order valence-electron chi connectivity index (χ0n) is 16.9. The van der Waals surface area contributed by atoms with Gasteiger partial charge in [0.2, 0.25) is 0 Å². The van der Waals surface area contributed by atoms with Crippen molar-refractivity contribution in [2.24, 2.45) is 11.8 Å². The number of aromatic amines is 1. The first-order valence-corrected chi connectivity index (χ1v) is 10.4. The molecule has 1 aromatic heterocycles. The monoisotopic (exact) mass is 398 g/mol. The van der Waals surface area contributed by atoms with Crippen molar-refractivity contribution in [2.45, 2.75) is 44.9 Å². The third-order valence-electron chi connectivity index (χ3n) is 6.90. The third-order valence-corrected chi connectivity index (χ3v) is 6.90. The van der Waals surface area contributed by atoms with Gasteiger partial charge in [-0.15, -0.1) is 0 Å². The second-order valence-corrected chi connectivity index (χ2v) is 8.89. The van der Waals surface area contributed by atoms with Crippen molar-refractivity contribution in [3.8, 4) is 0 Å². The van der Waals surface area contributed by atoms with E-state index in [2.05, 4.69) is 20.2 Å². The standard InChI is InChI=1S/C22H27FN4O2/c1-13-3-4-18(23)15(7-13)10-27-11-17-16(20-5-6-22(17,12-27)29-20)8-25-21(28)19-9-24-14(2)26-19/h3-4,7,9,16-17,20H,5-6,8,10-12H2,1-2H3,(H,24,26)(H,25,28)/t16-,17+,20+,22+/m0/s1. The van der Waals surface area contributed by atoms with Crippen LogP contribution in [0.5, 0.6) is 0 Å². The molecule has 2 N–H and O–H groups in total. The Morgan fingerprint density at radius 3 is 3.10 bits per heavy atom. The van der Waals surface area contributed by atoms with Crippen LogP contribution in [0, 0.1) is 31.5 Å². The molecule has 0 radical (unpaired) electrons. The van der Waals surface area contributed by atoms with Crippen molar-refractivity contribution in [3.63, 3.8) is 0 Å². The summed E-state index contributed by atoms with van der Waals surface area (Å²) in [5.41, 5.74) is 2.18. The second kappa shape index (κ2) is 6.92. The van der Waals surface area contributed by atoms with Gasteiger partial charge in [-0.2, -0.15) is 0 Å². The molecular weight excluding hydrogens is 371 g/mol. The lowest BCUT2D eigenvalue weighted by Crippen LogP contribution is -2.42. The predicted molar refractivity (Wildman–Crippen MR) is 106 cm³/mol. The molecule has 29 heavy (non-hydrogen) atoms. The summed E-state index contributed by atoms with van der Waals surface area (Å²) in [5, 5.41) is 3.06. The SMILES string of the molecule is Cc1ccc(F)c(CN2C[C@@H]3[C@H](CNC(=O)c4cnc(C)[nH]4)[C@H]4CC[C@]3(C2)O4)c1. The lowest BCUT2D eigenvalue weighted by molar-refractivity contribution is 0.00204. The first-order chi connectivity index (χ1) is 13.9. The number of imidazole rings is 1. The number of hydrogen-bond donors (Lipinski definition) is 2. The molecule has 4 atom stereocenters. The van der Waals surface area contributed by atoms with Crippen molar-refractivity contribution in [2.75, 3.05) is 19.6 Å². The van der Waals surface area contributed by atoms with Crippen molar-refractivity contribution in [1.29, 1.82) is 0 Å². The zero-order chi connectivity index (χ0) is 20.2. The molecule has 3 saturated heterocycles. The van der Waals surface area contributed by atoms with Gasteiger partial charge in [0, 0.05) is 43.6 Å². The Hall–Kier alpha value is -2.25. The van der Waals surface area contributed by atoms with Gasteiger partial charge in [-0.25, -0.2) is 9.37 Å². The molecule has 1 amide bonds.